The highest BCUT2D eigenvalue weighted by atomic mass is 19.1. The molecule has 0 fully saturated rings. The second-order valence-electron chi connectivity index (χ2n) is 3.15. The molecule has 0 spiro atoms. The molecule has 3 nitrogen and oxygen atoms in total. The first-order chi connectivity index (χ1) is 6.66. The minimum absolute atomic E-state index is 0. The molecule has 76 valence electrons. The molecular formula is C10H13FN2O. The average molecular weight is 196 g/mol. The Labute approximate surface area is 82.7 Å². The maximum Gasteiger partial charge on any atom is 0.221 e. The molecule has 0 aliphatic carbocycles. The number of nitrogens with one attached hydrogen (secondary N) is 1. The lowest BCUT2D eigenvalue weighted by Crippen LogP contribution is -2.13. The zero-order valence-electron chi connectivity index (χ0n) is 7.38. The number of benzene rings is 1. The third-order valence-corrected chi connectivity index (χ3v) is 2.09. The van der Waals surface area contributed by atoms with Crippen LogP contribution in [-0.2, 0) is 11.2 Å². The monoisotopic (exact) mass is 196 g/mol. The summed E-state index contributed by atoms with van der Waals surface area (Å²) in [6.45, 7) is 0. The van der Waals surface area contributed by atoms with Gasteiger partial charge < -0.3 is 10.7 Å². The van der Waals surface area contributed by atoms with Crippen molar-refractivity contribution in [1.82, 2.24) is 4.98 Å². The molecule has 1 heterocycles. The van der Waals surface area contributed by atoms with Crippen molar-refractivity contribution in [1.29, 1.82) is 0 Å². The van der Waals surface area contributed by atoms with E-state index < -0.39 is 5.91 Å². The summed E-state index contributed by atoms with van der Waals surface area (Å²) < 4.78 is 12.8. The largest absolute Gasteiger partial charge is 0.369 e. The van der Waals surface area contributed by atoms with E-state index in [0.717, 1.165) is 10.9 Å². The second kappa shape index (κ2) is 3.14. The second-order valence-corrected chi connectivity index (χ2v) is 3.15. The van der Waals surface area contributed by atoms with E-state index in [0.29, 0.717) is 5.52 Å². The molecule has 1 aromatic carbocycles. The Morgan fingerprint density at radius 1 is 1.57 bits per heavy atom. The lowest BCUT2D eigenvalue weighted by molar-refractivity contribution is -0.117. The molecule has 0 atom stereocenters. The molecule has 4 heteroatoms. The highest BCUT2D eigenvalue weighted by Crippen LogP contribution is 2.19. The number of carbonyl (C=O) groups is 1. The molecule has 0 bridgehead atoms. The third kappa shape index (κ3) is 1.46. The average Bonchev–Trinajstić information content (AvgIpc) is 2.47. The number of fused-ring (bicyclic) bond motifs is 1. The Hall–Kier alpha value is -1.84. The van der Waals surface area contributed by atoms with Gasteiger partial charge in [-0.2, -0.15) is 0 Å². The minimum Gasteiger partial charge on any atom is -0.369 e. The molecule has 0 radical (unpaired) electrons. The fourth-order valence-corrected chi connectivity index (χ4v) is 1.49. The number of carbonyl (C=O) groups excluding carboxylic acids is 1. The van der Waals surface area contributed by atoms with E-state index in [-0.39, 0.29) is 15.1 Å². The van der Waals surface area contributed by atoms with Gasteiger partial charge in [0.2, 0.25) is 5.91 Å². The molecule has 0 aliphatic rings. The van der Waals surface area contributed by atoms with Gasteiger partial charge in [-0.25, -0.2) is 4.39 Å². The Morgan fingerprint density at radius 3 is 3.07 bits per heavy atom. The van der Waals surface area contributed by atoms with Crippen LogP contribution >= 0.6 is 0 Å². The number of halogens is 1. The number of H-pyrrole nitrogens is 1. The van der Waals surface area contributed by atoms with Gasteiger partial charge in [-0.1, -0.05) is 0 Å². The highest BCUT2D eigenvalue weighted by molar-refractivity contribution is 5.88. The Balaban J connectivity index is 0.00000112. The molecule has 2 rings (SSSR count). The van der Waals surface area contributed by atoms with Crippen molar-refractivity contribution in [3.05, 3.63) is 35.8 Å². The van der Waals surface area contributed by atoms with E-state index in [4.69, 9.17) is 5.73 Å². The van der Waals surface area contributed by atoms with E-state index >= 15 is 0 Å². The predicted molar refractivity (Wildman–Crippen MR) is 55.4 cm³/mol. The van der Waals surface area contributed by atoms with Crippen molar-refractivity contribution in [2.24, 2.45) is 5.73 Å². The van der Waals surface area contributed by atoms with Gasteiger partial charge in [0.25, 0.3) is 0 Å². The SMILES string of the molecule is NC(=O)Cc1c[nH]c2cc(F)ccc12.[HH].[HH]. The first kappa shape index (κ1) is 8.74. The van der Waals surface area contributed by atoms with Crippen molar-refractivity contribution in [2.75, 3.05) is 0 Å². The number of aromatic amines is 1. The van der Waals surface area contributed by atoms with Crippen LogP contribution in [0.3, 0.4) is 0 Å². The molecule has 0 saturated carbocycles. The van der Waals surface area contributed by atoms with Crippen LogP contribution in [0.4, 0.5) is 4.39 Å². The lowest BCUT2D eigenvalue weighted by atomic mass is 10.1. The molecule has 3 N–H and O–H groups in total. The first-order valence-corrected chi connectivity index (χ1v) is 4.20. The molecule has 1 amide bonds. The van der Waals surface area contributed by atoms with E-state index in [9.17, 15) is 9.18 Å². The molecule has 2 aromatic rings. The van der Waals surface area contributed by atoms with Gasteiger partial charge >= 0.3 is 0 Å². The third-order valence-electron chi connectivity index (χ3n) is 2.09. The quantitative estimate of drug-likeness (QED) is 0.756. The summed E-state index contributed by atoms with van der Waals surface area (Å²) in [7, 11) is 0. The van der Waals surface area contributed by atoms with E-state index in [1.165, 1.54) is 12.1 Å². The maximum absolute atomic E-state index is 12.8. The fourth-order valence-electron chi connectivity index (χ4n) is 1.49. The van der Waals surface area contributed by atoms with Crippen LogP contribution in [0.2, 0.25) is 0 Å². The molecule has 14 heavy (non-hydrogen) atoms. The Bertz CT molecular complexity index is 499. The summed E-state index contributed by atoms with van der Waals surface area (Å²) in [6.07, 6.45) is 1.85. The van der Waals surface area contributed by atoms with Crippen LogP contribution < -0.4 is 5.73 Å². The topological polar surface area (TPSA) is 58.9 Å². The number of hydrogen-bond acceptors (Lipinski definition) is 1. The fraction of sp³-hybridized carbons (Fsp3) is 0.100. The summed E-state index contributed by atoms with van der Waals surface area (Å²) in [5.41, 5.74) is 6.56. The van der Waals surface area contributed by atoms with E-state index in [1.807, 2.05) is 0 Å². The van der Waals surface area contributed by atoms with Crippen molar-refractivity contribution >= 4 is 16.8 Å². The molecular weight excluding hydrogens is 183 g/mol. The summed E-state index contributed by atoms with van der Waals surface area (Å²) in [5, 5.41) is 0.838. The zero-order valence-corrected chi connectivity index (χ0v) is 7.38. The minimum atomic E-state index is -0.393. The smallest absolute Gasteiger partial charge is 0.221 e. The van der Waals surface area contributed by atoms with Crippen molar-refractivity contribution in [2.45, 2.75) is 6.42 Å². The number of primary amides is 1. The zero-order chi connectivity index (χ0) is 10.1. The molecule has 0 aliphatic heterocycles. The van der Waals surface area contributed by atoms with Gasteiger partial charge in [-0.15, -0.1) is 0 Å². The van der Waals surface area contributed by atoms with Gasteiger partial charge in [0.1, 0.15) is 5.82 Å². The number of aromatic nitrogens is 1. The molecule has 0 saturated heterocycles. The van der Waals surface area contributed by atoms with Crippen LogP contribution in [0.5, 0.6) is 0 Å². The van der Waals surface area contributed by atoms with Crippen molar-refractivity contribution in [3.8, 4) is 0 Å². The first-order valence-electron chi connectivity index (χ1n) is 4.20. The Morgan fingerprint density at radius 2 is 2.36 bits per heavy atom. The summed E-state index contributed by atoms with van der Waals surface area (Å²) in [5.74, 6) is -0.694. The highest BCUT2D eigenvalue weighted by Gasteiger charge is 2.06. The summed E-state index contributed by atoms with van der Waals surface area (Å²) >= 11 is 0. The predicted octanol–water partition coefficient (Wildman–Crippen LogP) is 1.83. The van der Waals surface area contributed by atoms with Crippen LogP contribution in [-0.4, -0.2) is 10.9 Å². The summed E-state index contributed by atoms with van der Waals surface area (Å²) in [4.78, 5) is 13.6. The standard InChI is InChI=1S/C10H9FN2O.2H2/c11-7-1-2-8-6(3-10(12)14)5-13-9(8)4-7;;/h1-2,4-5,13H,3H2,(H2,12,14);2*1H. The van der Waals surface area contributed by atoms with Gasteiger partial charge in [-0.05, 0) is 23.8 Å². The van der Waals surface area contributed by atoms with E-state index in [1.54, 1.807) is 12.3 Å². The van der Waals surface area contributed by atoms with Crippen LogP contribution in [0.1, 0.15) is 8.42 Å². The summed E-state index contributed by atoms with van der Waals surface area (Å²) in [6, 6.07) is 4.39. The van der Waals surface area contributed by atoms with Crippen LogP contribution in [0, 0.1) is 5.82 Å². The lowest BCUT2D eigenvalue weighted by Gasteiger charge is -1.94. The number of rotatable bonds is 2. The molecule has 1 aromatic heterocycles. The van der Waals surface area contributed by atoms with Gasteiger partial charge in [0.05, 0.1) is 6.42 Å². The normalized spacial score (nSPS) is 10.6. The van der Waals surface area contributed by atoms with Gasteiger partial charge in [0.15, 0.2) is 0 Å². The van der Waals surface area contributed by atoms with Crippen LogP contribution in [0.15, 0.2) is 24.4 Å². The van der Waals surface area contributed by atoms with Gasteiger partial charge in [-0.3, -0.25) is 4.79 Å². The van der Waals surface area contributed by atoms with Crippen molar-refractivity contribution in [3.63, 3.8) is 0 Å². The number of hydrogen-bond donors (Lipinski definition) is 2. The number of amides is 1. The van der Waals surface area contributed by atoms with Gasteiger partial charge in [0, 0.05) is 20.0 Å². The van der Waals surface area contributed by atoms with E-state index in [2.05, 4.69) is 4.98 Å². The number of nitrogens with two attached hydrogens (primary N) is 1. The Kier molecular flexibility index (Phi) is 1.96. The van der Waals surface area contributed by atoms with Crippen molar-refractivity contribution < 1.29 is 12.0 Å². The van der Waals surface area contributed by atoms with Crippen LogP contribution in [0.25, 0.3) is 10.9 Å². The maximum atomic E-state index is 12.8. The molecule has 0 unspecified atom stereocenters.